The van der Waals surface area contributed by atoms with Crippen LogP contribution in [0.3, 0.4) is 0 Å². The molecule has 0 unspecified atom stereocenters. The van der Waals surface area contributed by atoms with Crippen molar-refractivity contribution in [3.05, 3.63) is 58.6 Å². The zero-order chi connectivity index (χ0) is 20.1. The van der Waals surface area contributed by atoms with Gasteiger partial charge in [0.25, 0.3) is 0 Å². The number of benzene rings is 2. The van der Waals surface area contributed by atoms with Crippen LogP contribution in [-0.4, -0.2) is 36.4 Å². The van der Waals surface area contributed by atoms with E-state index in [9.17, 15) is 9.90 Å². The molecule has 0 radical (unpaired) electrons. The maximum atomic E-state index is 11.3. The summed E-state index contributed by atoms with van der Waals surface area (Å²) in [4.78, 5) is 16.0. The van der Waals surface area contributed by atoms with Gasteiger partial charge in [-0.05, 0) is 37.6 Å². The molecule has 0 aliphatic heterocycles. The van der Waals surface area contributed by atoms with Crippen molar-refractivity contribution >= 4 is 17.3 Å². The van der Waals surface area contributed by atoms with Gasteiger partial charge in [0.05, 0.1) is 18.4 Å². The Morgan fingerprint density at radius 2 is 1.75 bits per heavy atom. The maximum Gasteiger partial charge on any atom is 0.347 e. The SMILES string of the molecule is COc1cccc(-c2nc(C)c(C(=O)O)s2)c1OCCOc1ccccc1C. The van der Waals surface area contributed by atoms with Crippen molar-refractivity contribution in [2.24, 2.45) is 0 Å². The molecule has 6 nitrogen and oxygen atoms in total. The second-order valence-electron chi connectivity index (χ2n) is 6.04. The van der Waals surface area contributed by atoms with Gasteiger partial charge in [0.15, 0.2) is 11.5 Å². The number of para-hydroxylation sites is 2. The molecule has 1 aromatic heterocycles. The Bertz CT molecular complexity index is 983. The van der Waals surface area contributed by atoms with Crippen LogP contribution in [0.4, 0.5) is 0 Å². The van der Waals surface area contributed by atoms with E-state index in [1.165, 1.54) is 0 Å². The average Bonchev–Trinajstić information content (AvgIpc) is 3.08. The highest BCUT2D eigenvalue weighted by Gasteiger charge is 2.20. The quantitative estimate of drug-likeness (QED) is 0.558. The summed E-state index contributed by atoms with van der Waals surface area (Å²) in [5, 5.41) is 9.87. The van der Waals surface area contributed by atoms with Crippen molar-refractivity contribution in [2.75, 3.05) is 20.3 Å². The van der Waals surface area contributed by atoms with E-state index in [-0.39, 0.29) is 4.88 Å². The molecule has 0 saturated carbocycles. The maximum absolute atomic E-state index is 11.3. The number of hydrogen-bond acceptors (Lipinski definition) is 6. The first-order valence-corrected chi connectivity index (χ1v) is 9.52. The van der Waals surface area contributed by atoms with Gasteiger partial charge in [-0.2, -0.15) is 0 Å². The molecule has 0 aliphatic carbocycles. The minimum atomic E-state index is -0.988. The summed E-state index contributed by atoms with van der Waals surface area (Å²) >= 11 is 1.11. The van der Waals surface area contributed by atoms with Crippen LogP contribution in [-0.2, 0) is 0 Å². The van der Waals surface area contributed by atoms with E-state index in [1.807, 2.05) is 43.3 Å². The largest absolute Gasteiger partial charge is 0.493 e. The van der Waals surface area contributed by atoms with Crippen LogP contribution in [0.25, 0.3) is 10.6 Å². The van der Waals surface area contributed by atoms with Crippen molar-refractivity contribution in [1.29, 1.82) is 0 Å². The Labute approximate surface area is 167 Å². The van der Waals surface area contributed by atoms with Gasteiger partial charge in [0, 0.05) is 0 Å². The third-order valence-corrected chi connectivity index (χ3v) is 5.28. The fourth-order valence-corrected chi connectivity index (χ4v) is 3.64. The minimum absolute atomic E-state index is 0.214. The predicted octanol–water partition coefficient (Wildman–Crippen LogP) is 4.59. The number of aromatic carboxylic acids is 1. The van der Waals surface area contributed by atoms with E-state index >= 15 is 0 Å². The van der Waals surface area contributed by atoms with E-state index in [0.29, 0.717) is 41.0 Å². The van der Waals surface area contributed by atoms with Crippen molar-refractivity contribution < 1.29 is 24.1 Å². The number of nitrogens with zero attached hydrogens (tertiary/aromatic N) is 1. The predicted molar refractivity (Wildman–Crippen MR) is 108 cm³/mol. The number of aryl methyl sites for hydroxylation is 2. The van der Waals surface area contributed by atoms with Gasteiger partial charge in [0.2, 0.25) is 0 Å². The average molecular weight is 399 g/mol. The first-order chi connectivity index (χ1) is 13.5. The third kappa shape index (κ3) is 4.26. The van der Waals surface area contributed by atoms with E-state index in [0.717, 1.165) is 22.6 Å². The second kappa shape index (κ2) is 8.75. The van der Waals surface area contributed by atoms with Crippen LogP contribution >= 0.6 is 11.3 Å². The lowest BCUT2D eigenvalue weighted by Crippen LogP contribution is -2.10. The molecule has 0 fully saturated rings. The smallest absolute Gasteiger partial charge is 0.347 e. The van der Waals surface area contributed by atoms with Crippen LogP contribution < -0.4 is 14.2 Å². The summed E-state index contributed by atoms with van der Waals surface area (Å²) in [6.45, 7) is 4.33. The number of thiazole rings is 1. The third-order valence-electron chi connectivity index (χ3n) is 4.10. The summed E-state index contributed by atoms with van der Waals surface area (Å²) in [6, 6.07) is 13.2. The molecule has 0 saturated heterocycles. The molecule has 1 N–H and O–H groups in total. The molecule has 28 heavy (non-hydrogen) atoms. The van der Waals surface area contributed by atoms with Crippen LogP contribution in [0.15, 0.2) is 42.5 Å². The number of rotatable bonds is 8. The summed E-state index contributed by atoms with van der Waals surface area (Å²) in [6.07, 6.45) is 0. The molecule has 3 aromatic rings. The molecule has 0 spiro atoms. The molecular weight excluding hydrogens is 378 g/mol. The van der Waals surface area contributed by atoms with Crippen molar-refractivity contribution in [3.63, 3.8) is 0 Å². The lowest BCUT2D eigenvalue weighted by Gasteiger charge is -2.15. The number of carboxylic acids is 1. The Kier molecular flexibility index (Phi) is 6.16. The Balaban J connectivity index is 1.79. The molecule has 1 heterocycles. The Morgan fingerprint density at radius 1 is 1.04 bits per heavy atom. The zero-order valence-electron chi connectivity index (χ0n) is 15.9. The molecule has 0 atom stereocenters. The molecule has 7 heteroatoms. The van der Waals surface area contributed by atoms with Gasteiger partial charge in [-0.25, -0.2) is 9.78 Å². The summed E-state index contributed by atoms with van der Waals surface area (Å²) < 4.78 is 17.2. The molecule has 0 aliphatic rings. The summed E-state index contributed by atoms with van der Waals surface area (Å²) in [7, 11) is 1.56. The number of aromatic nitrogens is 1. The number of methoxy groups -OCH3 is 1. The van der Waals surface area contributed by atoms with Gasteiger partial charge >= 0.3 is 5.97 Å². The van der Waals surface area contributed by atoms with Gasteiger partial charge in [0.1, 0.15) is 28.8 Å². The standard InChI is InChI=1S/C21H21NO5S/c1-13-7-4-5-9-16(13)26-11-12-27-18-15(8-6-10-17(18)25-3)20-22-14(2)19(28-20)21(23)24/h4-10H,11-12H2,1-3H3,(H,23,24). The first-order valence-electron chi connectivity index (χ1n) is 8.70. The molecule has 3 rings (SSSR count). The summed E-state index contributed by atoms with van der Waals surface area (Å²) in [5.74, 6) is 0.897. The molecule has 0 bridgehead atoms. The van der Waals surface area contributed by atoms with Gasteiger partial charge in [-0.15, -0.1) is 11.3 Å². The van der Waals surface area contributed by atoms with E-state index in [4.69, 9.17) is 14.2 Å². The molecule has 0 amide bonds. The van der Waals surface area contributed by atoms with Gasteiger partial charge in [-0.3, -0.25) is 0 Å². The molecule has 146 valence electrons. The minimum Gasteiger partial charge on any atom is -0.493 e. The van der Waals surface area contributed by atoms with Crippen molar-refractivity contribution in [3.8, 4) is 27.8 Å². The lowest BCUT2D eigenvalue weighted by molar-refractivity contribution is 0.0701. The molecular formula is C21H21NO5S. The lowest BCUT2D eigenvalue weighted by atomic mass is 10.2. The highest BCUT2D eigenvalue weighted by Crippen LogP contribution is 2.40. The fourth-order valence-electron chi connectivity index (χ4n) is 2.72. The Hall–Kier alpha value is -3.06. The monoisotopic (exact) mass is 399 g/mol. The van der Waals surface area contributed by atoms with E-state index in [2.05, 4.69) is 4.98 Å². The van der Waals surface area contributed by atoms with Crippen molar-refractivity contribution in [1.82, 2.24) is 4.98 Å². The fraction of sp³-hybridized carbons (Fsp3) is 0.238. The second-order valence-corrected chi connectivity index (χ2v) is 7.04. The number of carboxylic acid groups (broad SMARTS) is 1. The number of hydrogen-bond donors (Lipinski definition) is 1. The summed E-state index contributed by atoms with van der Waals surface area (Å²) in [5.41, 5.74) is 2.22. The van der Waals surface area contributed by atoms with E-state index in [1.54, 1.807) is 20.1 Å². The van der Waals surface area contributed by atoms with Crippen molar-refractivity contribution in [2.45, 2.75) is 13.8 Å². The van der Waals surface area contributed by atoms with E-state index < -0.39 is 5.97 Å². The normalized spacial score (nSPS) is 10.5. The topological polar surface area (TPSA) is 77.9 Å². The zero-order valence-corrected chi connectivity index (χ0v) is 16.7. The number of ether oxygens (including phenoxy) is 3. The van der Waals surface area contributed by atoms with Crippen LogP contribution in [0.2, 0.25) is 0 Å². The highest BCUT2D eigenvalue weighted by molar-refractivity contribution is 7.17. The van der Waals surface area contributed by atoms with Crippen LogP contribution in [0, 0.1) is 13.8 Å². The van der Waals surface area contributed by atoms with Gasteiger partial charge < -0.3 is 19.3 Å². The number of carbonyl (C=O) groups is 1. The Morgan fingerprint density at radius 3 is 2.43 bits per heavy atom. The van der Waals surface area contributed by atoms with Crippen LogP contribution in [0.5, 0.6) is 17.2 Å². The van der Waals surface area contributed by atoms with Crippen LogP contribution in [0.1, 0.15) is 20.9 Å². The van der Waals surface area contributed by atoms with Gasteiger partial charge in [-0.1, -0.05) is 24.3 Å². The highest BCUT2D eigenvalue weighted by atomic mass is 32.1. The first kappa shape index (κ1) is 19.7. The molecule has 2 aromatic carbocycles.